The smallest absolute Gasteiger partial charge is 0.198 e. The fourth-order valence-corrected chi connectivity index (χ4v) is 2.41. The van der Waals surface area contributed by atoms with Crippen LogP contribution in [-0.4, -0.2) is 9.97 Å². The molecular formula is C17H17FN2O. The summed E-state index contributed by atoms with van der Waals surface area (Å²) in [6, 6.07) is 6.90. The quantitative estimate of drug-likeness (QED) is 0.638. The van der Waals surface area contributed by atoms with Gasteiger partial charge in [-0.05, 0) is 30.7 Å². The Labute approximate surface area is 121 Å². The minimum Gasteiger partial charge on any atom is -0.337 e. The molecule has 0 aliphatic rings. The number of nitrogens with one attached hydrogen (secondary N) is 1. The first-order valence-electron chi connectivity index (χ1n) is 6.91. The van der Waals surface area contributed by atoms with Crippen LogP contribution in [0, 0.1) is 12.7 Å². The maximum atomic E-state index is 14.2. The molecular weight excluding hydrogens is 267 g/mol. The lowest BCUT2D eigenvalue weighted by Gasteiger charge is -2.18. The molecule has 21 heavy (non-hydrogen) atoms. The van der Waals surface area contributed by atoms with Crippen molar-refractivity contribution in [2.24, 2.45) is 0 Å². The van der Waals surface area contributed by atoms with E-state index < -0.39 is 5.82 Å². The van der Waals surface area contributed by atoms with E-state index in [2.05, 4.69) is 9.97 Å². The van der Waals surface area contributed by atoms with Gasteiger partial charge in [-0.2, -0.15) is 0 Å². The van der Waals surface area contributed by atoms with Gasteiger partial charge < -0.3 is 4.98 Å². The van der Waals surface area contributed by atoms with Gasteiger partial charge in [-0.3, -0.25) is 4.79 Å². The van der Waals surface area contributed by atoms with Gasteiger partial charge >= 0.3 is 0 Å². The van der Waals surface area contributed by atoms with E-state index in [1.807, 2.05) is 26.8 Å². The summed E-state index contributed by atoms with van der Waals surface area (Å²) in [6.07, 6.45) is 0. The summed E-state index contributed by atoms with van der Waals surface area (Å²) in [7, 11) is 0. The Balaban J connectivity index is 2.46. The van der Waals surface area contributed by atoms with E-state index in [0.29, 0.717) is 22.0 Å². The predicted molar refractivity (Wildman–Crippen MR) is 83.3 cm³/mol. The summed E-state index contributed by atoms with van der Waals surface area (Å²) < 4.78 is 14.2. The molecule has 4 heteroatoms. The third-order valence-corrected chi connectivity index (χ3v) is 3.73. The van der Waals surface area contributed by atoms with Gasteiger partial charge in [0.2, 0.25) is 0 Å². The van der Waals surface area contributed by atoms with Crippen molar-refractivity contribution >= 4 is 21.9 Å². The van der Waals surface area contributed by atoms with Crippen LogP contribution in [0.4, 0.5) is 4.39 Å². The van der Waals surface area contributed by atoms with Gasteiger partial charge in [0.15, 0.2) is 5.43 Å². The highest BCUT2D eigenvalue weighted by Crippen LogP contribution is 2.23. The molecule has 0 amide bonds. The van der Waals surface area contributed by atoms with Crippen molar-refractivity contribution in [2.45, 2.75) is 33.1 Å². The lowest BCUT2D eigenvalue weighted by atomic mass is 9.91. The van der Waals surface area contributed by atoms with Crippen molar-refractivity contribution in [2.75, 3.05) is 0 Å². The highest BCUT2D eigenvalue weighted by Gasteiger charge is 2.17. The third-order valence-electron chi connectivity index (χ3n) is 3.73. The molecule has 0 bridgehead atoms. The van der Waals surface area contributed by atoms with Gasteiger partial charge in [-0.1, -0.05) is 26.8 Å². The first-order valence-corrected chi connectivity index (χ1v) is 6.91. The number of aromatic nitrogens is 2. The van der Waals surface area contributed by atoms with Crippen LogP contribution >= 0.6 is 0 Å². The van der Waals surface area contributed by atoms with Crippen molar-refractivity contribution in [1.82, 2.24) is 9.97 Å². The van der Waals surface area contributed by atoms with Crippen LogP contribution in [-0.2, 0) is 5.41 Å². The van der Waals surface area contributed by atoms with E-state index in [0.717, 1.165) is 5.69 Å². The first kappa shape index (κ1) is 13.7. The zero-order valence-corrected chi connectivity index (χ0v) is 12.5. The fraction of sp³-hybridized carbons (Fsp3) is 0.294. The van der Waals surface area contributed by atoms with Crippen LogP contribution in [0.15, 0.2) is 29.1 Å². The summed E-state index contributed by atoms with van der Waals surface area (Å²) in [4.78, 5) is 20.0. The van der Waals surface area contributed by atoms with Crippen molar-refractivity contribution < 1.29 is 4.39 Å². The molecule has 0 atom stereocenters. The Morgan fingerprint density at radius 1 is 1.10 bits per heavy atom. The van der Waals surface area contributed by atoms with E-state index in [1.54, 1.807) is 25.1 Å². The summed E-state index contributed by atoms with van der Waals surface area (Å²) in [6.45, 7) is 7.82. The van der Waals surface area contributed by atoms with Gasteiger partial charge in [0.05, 0.1) is 10.9 Å². The summed E-state index contributed by atoms with van der Waals surface area (Å²) in [5.74, 6) is -0.394. The Morgan fingerprint density at radius 3 is 2.43 bits per heavy atom. The molecule has 1 aromatic carbocycles. The number of nitrogens with zero attached hydrogens (tertiary/aromatic N) is 1. The monoisotopic (exact) mass is 284 g/mol. The molecule has 0 saturated carbocycles. The Hall–Kier alpha value is -2.23. The molecule has 0 unspecified atom stereocenters. The summed E-state index contributed by atoms with van der Waals surface area (Å²) in [5, 5.41) is 0.842. The normalized spacial score (nSPS) is 12.2. The molecule has 2 heterocycles. The largest absolute Gasteiger partial charge is 0.337 e. The van der Waals surface area contributed by atoms with Crippen LogP contribution in [0.1, 0.15) is 32.0 Å². The maximum absolute atomic E-state index is 14.2. The standard InChI is InChI=1S/C17H17FN2O/c1-9-5-6-10-14(13(9)18)20-16-11(15(10)21)7-8-12(19-16)17(2,3)4/h5-8H,1-4H3,(H,19,20,21). The summed E-state index contributed by atoms with van der Waals surface area (Å²) in [5.41, 5.74) is 1.70. The molecule has 0 spiro atoms. The van der Waals surface area contributed by atoms with Crippen LogP contribution in [0.2, 0.25) is 0 Å². The van der Waals surface area contributed by atoms with E-state index in [1.165, 1.54) is 0 Å². The first-order chi connectivity index (χ1) is 9.79. The number of rotatable bonds is 0. The van der Waals surface area contributed by atoms with Crippen LogP contribution < -0.4 is 5.43 Å². The minimum atomic E-state index is -0.394. The molecule has 3 rings (SSSR count). The average molecular weight is 284 g/mol. The molecule has 108 valence electrons. The predicted octanol–water partition coefficient (Wildman–Crippen LogP) is 3.82. The molecule has 3 nitrogen and oxygen atoms in total. The van der Waals surface area contributed by atoms with Crippen LogP contribution in [0.5, 0.6) is 0 Å². The average Bonchev–Trinajstić information content (AvgIpc) is 2.42. The van der Waals surface area contributed by atoms with E-state index in [9.17, 15) is 9.18 Å². The van der Waals surface area contributed by atoms with E-state index in [4.69, 9.17) is 0 Å². The Morgan fingerprint density at radius 2 is 1.76 bits per heavy atom. The number of benzene rings is 1. The second kappa shape index (κ2) is 4.38. The number of H-pyrrole nitrogens is 1. The van der Waals surface area contributed by atoms with Crippen LogP contribution in [0.25, 0.3) is 21.9 Å². The topological polar surface area (TPSA) is 45.8 Å². The Kier molecular flexibility index (Phi) is 2.87. The van der Waals surface area contributed by atoms with Crippen molar-refractivity contribution in [3.05, 3.63) is 51.6 Å². The molecule has 1 N–H and O–H groups in total. The number of fused-ring (bicyclic) bond motifs is 2. The zero-order valence-electron chi connectivity index (χ0n) is 12.5. The molecule has 0 radical (unpaired) electrons. The van der Waals surface area contributed by atoms with Gasteiger partial charge in [-0.25, -0.2) is 9.37 Å². The maximum Gasteiger partial charge on any atom is 0.198 e. The number of aromatic amines is 1. The van der Waals surface area contributed by atoms with Gasteiger partial charge in [0.25, 0.3) is 0 Å². The molecule has 0 saturated heterocycles. The third kappa shape index (κ3) is 2.11. The van der Waals surface area contributed by atoms with Crippen molar-refractivity contribution in [3.8, 4) is 0 Å². The van der Waals surface area contributed by atoms with Crippen LogP contribution in [0.3, 0.4) is 0 Å². The number of hydrogen-bond donors (Lipinski definition) is 1. The lowest BCUT2D eigenvalue weighted by molar-refractivity contribution is 0.571. The minimum absolute atomic E-state index is 0.134. The van der Waals surface area contributed by atoms with Gasteiger partial charge in [-0.15, -0.1) is 0 Å². The highest BCUT2D eigenvalue weighted by atomic mass is 19.1. The van der Waals surface area contributed by atoms with Crippen molar-refractivity contribution in [3.63, 3.8) is 0 Å². The van der Waals surface area contributed by atoms with Gasteiger partial charge in [0, 0.05) is 16.5 Å². The van der Waals surface area contributed by atoms with E-state index in [-0.39, 0.29) is 16.4 Å². The molecule has 2 aromatic heterocycles. The number of pyridine rings is 2. The molecule has 0 aliphatic heterocycles. The van der Waals surface area contributed by atoms with E-state index >= 15 is 0 Å². The highest BCUT2D eigenvalue weighted by molar-refractivity contribution is 5.91. The lowest BCUT2D eigenvalue weighted by Crippen LogP contribution is -2.15. The Bertz CT molecular complexity index is 920. The second-order valence-corrected chi connectivity index (χ2v) is 6.42. The summed E-state index contributed by atoms with van der Waals surface area (Å²) >= 11 is 0. The molecule has 0 fully saturated rings. The molecule has 3 aromatic rings. The number of hydrogen-bond acceptors (Lipinski definition) is 2. The van der Waals surface area contributed by atoms with Crippen molar-refractivity contribution in [1.29, 1.82) is 0 Å². The van der Waals surface area contributed by atoms with Gasteiger partial charge in [0.1, 0.15) is 11.5 Å². The number of aryl methyl sites for hydroxylation is 1. The zero-order chi connectivity index (χ0) is 15.4. The molecule has 0 aliphatic carbocycles. The fourth-order valence-electron chi connectivity index (χ4n) is 2.41. The second-order valence-electron chi connectivity index (χ2n) is 6.42. The number of halogens is 1. The SMILES string of the molecule is Cc1ccc2c(=O)c3ccc(C(C)(C)C)nc3[nH]c2c1F.